The van der Waals surface area contributed by atoms with E-state index in [1.165, 1.54) is 44.3 Å². The minimum absolute atomic E-state index is 0. The third-order valence-corrected chi connectivity index (χ3v) is 8.92. The van der Waals surface area contributed by atoms with Crippen LogP contribution in [0.4, 0.5) is 0 Å². The first-order valence-corrected chi connectivity index (χ1v) is 10.2. The molecule has 3 heteroatoms. The number of hydrogen-bond acceptors (Lipinski definition) is 2. The van der Waals surface area contributed by atoms with Crippen LogP contribution < -0.4 is 0 Å². The Morgan fingerprint density at radius 2 is 1.92 bits per heavy atom. The van der Waals surface area contributed by atoms with Crippen molar-refractivity contribution in [2.75, 3.05) is 13.1 Å². The summed E-state index contributed by atoms with van der Waals surface area (Å²) >= 11 is 0. The number of aliphatic carboxylic acids is 1. The second-order valence-electron chi connectivity index (χ2n) is 9.59. The lowest BCUT2D eigenvalue weighted by molar-refractivity contribution is -0.139. The van der Waals surface area contributed by atoms with Gasteiger partial charge in [0.15, 0.2) is 0 Å². The summed E-state index contributed by atoms with van der Waals surface area (Å²) in [7, 11) is 0. The van der Waals surface area contributed by atoms with Crippen LogP contribution in [0.15, 0.2) is 24.3 Å². The maximum atomic E-state index is 11.8. The molecule has 1 aromatic carbocycles. The molecule has 1 saturated heterocycles. The molecule has 5 atom stereocenters. The molecular weight excluding hydrogens is 310 g/mol. The molecule has 0 radical (unpaired) electrons. The Morgan fingerprint density at radius 1 is 1.12 bits per heavy atom. The normalized spacial score (nSPS) is 43.2. The zero-order valence-electron chi connectivity index (χ0n) is 14.8. The summed E-state index contributed by atoms with van der Waals surface area (Å²) in [6.07, 6.45) is 9.06. The monoisotopic (exact) mass is 339 g/mol. The molecule has 1 heterocycles. The van der Waals surface area contributed by atoms with Gasteiger partial charge in [-0.25, -0.2) is 0 Å². The van der Waals surface area contributed by atoms with Crippen molar-refractivity contribution in [2.24, 2.45) is 17.3 Å². The van der Waals surface area contributed by atoms with Crippen LogP contribution in [0, 0.1) is 17.3 Å². The highest BCUT2D eigenvalue weighted by atomic mass is 16.4. The van der Waals surface area contributed by atoms with Gasteiger partial charge in [-0.05, 0) is 91.8 Å². The predicted octanol–water partition coefficient (Wildman–Crippen LogP) is 4.03. The number of hydrogen-bond donors (Lipinski definition) is 1. The molecular formula is C22H29NO2. The average Bonchev–Trinajstić information content (AvgIpc) is 3.17. The number of nitrogens with zero attached hydrogens (tertiary/aromatic N) is 1. The van der Waals surface area contributed by atoms with E-state index < -0.39 is 5.97 Å². The Bertz CT molecular complexity index is 754. The summed E-state index contributed by atoms with van der Waals surface area (Å²) in [5.41, 5.74) is 3.35. The minimum Gasteiger partial charge on any atom is -0.481 e. The maximum absolute atomic E-state index is 11.8. The fourth-order valence-corrected chi connectivity index (χ4v) is 7.52. The number of likely N-dealkylation sites (tertiary alicyclic amines) is 1. The van der Waals surface area contributed by atoms with Gasteiger partial charge >= 0.3 is 5.97 Å². The van der Waals surface area contributed by atoms with E-state index in [4.69, 9.17) is 0 Å². The maximum Gasteiger partial charge on any atom is 0.311 e. The zero-order chi connectivity index (χ0) is 16.8. The second-order valence-corrected chi connectivity index (χ2v) is 9.59. The van der Waals surface area contributed by atoms with Gasteiger partial charge in [-0.3, -0.25) is 4.79 Å². The molecule has 134 valence electrons. The lowest BCUT2D eigenvalue weighted by Gasteiger charge is -2.53. The van der Waals surface area contributed by atoms with Crippen molar-refractivity contribution in [3.05, 3.63) is 35.4 Å². The van der Waals surface area contributed by atoms with Gasteiger partial charge in [0.2, 0.25) is 0 Å². The SMILES string of the molecule is O=C(O)C1CC2(CCN(C3CC45CC4CCC35)CC2)c2ccccc21.[HH]. The molecule has 25 heavy (non-hydrogen) atoms. The molecule has 0 aromatic heterocycles. The molecule has 4 aliphatic carbocycles. The van der Waals surface area contributed by atoms with Crippen molar-refractivity contribution < 1.29 is 11.3 Å². The molecule has 3 saturated carbocycles. The number of benzene rings is 1. The smallest absolute Gasteiger partial charge is 0.311 e. The number of carboxylic acid groups (broad SMARTS) is 1. The van der Waals surface area contributed by atoms with Gasteiger partial charge in [0.05, 0.1) is 5.92 Å². The molecule has 0 amide bonds. The van der Waals surface area contributed by atoms with Gasteiger partial charge in [0, 0.05) is 7.47 Å². The highest BCUT2D eigenvalue weighted by Gasteiger charge is 2.71. The molecule has 4 fully saturated rings. The molecule has 2 spiro atoms. The van der Waals surface area contributed by atoms with Crippen LogP contribution in [0.25, 0.3) is 0 Å². The first-order valence-electron chi connectivity index (χ1n) is 10.2. The number of piperidine rings is 1. The second kappa shape index (κ2) is 4.68. The third-order valence-electron chi connectivity index (χ3n) is 8.92. The molecule has 1 N–H and O–H groups in total. The summed E-state index contributed by atoms with van der Waals surface area (Å²) in [5.74, 6) is 1.15. The first-order chi connectivity index (χ1) is 12.1. The highest BCUT2D eigenvalue weighted by Crippen LogP contribution is 2.76. The van der Waals surface area contributed by atoms with Crippen LogP contribution in [-0.2, 0) is 10.2 Å². The highest BCUT2D eigenvalue weighted by molar-refractivity contribution is 5.78. The van der Waals surface area contributed by atoms with Gasteiger partial charge in [-0.15, -0.1) is 0 Å². The van der Waals surface area contributed by atoms with E-state index in [2.05, 4.69) is 23.1 Å². The lowest BCUT2D eigenvalue weighted by Crippen LogP contribution is -2.56. The minimum atomic E-state index is -0.640. The summed E-state index contributed by atoms with van der Waals surface area (Å²) < 4.78 is 0. The molecule has 6 rings (SSSR count). The van der Waals surface area contributed by atoms with E-state index >= 15 is 0 Å². The van der Waals surface area contributed by atoms with Crippen LogP contribution in [0.5, 0.6) is 0 Å². The topological polar surface area (TPSA) is 40.5 Å². The third kappa shape index (κ3) is 1.78. The standard InChI is InChI=1S/C22H27NO2.H2/c24-20(25)16-12-21(17-4-2-1-3-15(16)17)7-9-23(10-8-21)19-13-22-11-14(22)5-6-18(19)22;/h1-4,14,16,18-19H,5-13H2,(H,24,25);1H. The number of rotatable bonds is 2. The molecule has 3 nitrogen and oxygen atoms in total. The summed E-state index contributed by atoms with van der Waals surface area (Å²) in [6, 6.07) is 9.20. The predicted molar refractivity (Wildman–Crippen MR) is 97.7 cm³/mol. The lowest BCUT2D eigenvalue weighted by atomic mass is 9.64. The van der Waals surface area contributed by atoms with E-state index in [1.54, 1.807) is 0 Å². The molecule has 5 aliphatic rings. The summed E-state index contributed by atoms with van der Waals surface area (Å²) in [6.45, 7) is 2.34. The molecule has 0 bridgehead atoms. The quantitative estimate of drug-likeness (QED) is 0.884. The van der Waals surface area contributed by atoms with Crippen molar-refractivity contribution in [3.8, 4) is 0 Å². The van der Waals surface area contributed by atoms with Crippen molar-refractivity contribution >= 4 is 5.97 Å². The van der Waals surface area contributed by atoms with Crippen LogP contribution in [0.1, 0.15) is 63.4 Å². The van der Waals surface area contributed by atoms with E-state index in [9.17, 15) is 9.90 Å². The van der Waals surface area contributed by atoms with Crippen molar-refractivity contribution in [1.82, 2.24) is 4.90 Å². The Labute approximate surface area is 150 Å². The largest absolute Gasteiger partial charge is 0.481 e. The van der Waals surface area contributed by atoms with Crippen LogP contribution in [-0.4, -0.2) is 35.1 Å². The Kier molecular flexibility index (Phi) is 2.76. The summed E-state index contributed by atoms with van der Waals surface area (Å²) in [4.78, 5) is 14.5. The van der Waals surface area contributed by atoms with Crippen molar-refractivity contribution in [2.45, 2.75) is 62.3 Å². The summed E-state index contributed by atoms with van der Waals surface area (Å²) in [5, 5.41) is 9.69. The van der Waals surface area contributed by atoms with Crippen LogP contribution in [0.3, 0.4) is 0 Å². The van der Waals surface area contributed by atoms with Crippen molar-refractivity contribution in [3.63, 3.8) is 0 Å². The zero-order valence-corrected chi connectivity index (χ0v) is 14.8. The van der Waals surface area contributed by atoms with Gasteiger partial charge in [0.25, 0.3) is 0 Å². The van der Waals surface area contributed by atoms with Crippen LogP contribution >= 0.6 is 0 Å². The van der Waals surface area contributed by atoms with Gasteiger partial charge in [-0.1, -0.05) is 24.3 Å². The van der Waals surface area contributed by atoms with Crippen molar-refractivity contribution in [1.29, 1.82) is 0 Å². The number of carbonyl (C=O) groups is 1. The van der Waals surface area contributed by atoms with Crippen LogP contribution in [0.2, 0.25) is 0 Å². The molecule has 5 unspecified atom stereocenters. The van der Waals surface area contributed by atoms with Gasteiger partial charge in [0.1, 0.15) is 0 Å². The Hall–Kier alpha value is -1.35. The average molecular weight is 339 g/mol. The molecule has 1 aliphatic heterocycles. The van der Waals surface area contributed by atoms with Gasteiger partial charge in [-0.2, -0.15) is 0 Å². The van der Waals surface area contributed by atoms with E-state index in [0.29, 0.717) is 0 Å². The fourth-order valence-electron chi connectivity index (χ4n) is 7.52. The first kappa shape index (κ1) is 14.8. The van der Waals surface area contributed by atoms with E-state index in [-0.39, 0.29) is 12.8 Å². The Balaban J connectivity index is 0.00000150. The fraction of sp³-hybridized carbons (Fsp3) is 0.682. The number of fused-ring (bicyclic) bond motifs is 2. The number of carboxylic acids is 1. The van der Waals surface area contributed by atoms with E-state index in [1.807, 2.05) is 6.07 Å². The Morgan fingerprint density at radius 3 is 2.64 bits per heavy atom. The van der Waals surface area contributed by atoms with Gasteiger partial charge < -0.3 is 10.0 Å². The molecule has 1 aromatic rings. The van der Waals surface area contributed by atoms with E-state index in [0.717, 1.165) is 48.1 Å².